The molecule has 3 aromatic carbocycles. The van der Waals surface area contributed by atoms with Crippen LogP contribution in [0.1, 0.15) is 47.0 Å². The topological polar surface area (TPSA) is 92.3 Å². The van der Waals surface area contributed by atoms with Gasteiger partial charge >= 0.3 is 0 Å². The van der Waals surface area contributed by atoms with Gasteiger partial charge in [-0.25, -0.2) is 0 Å². The molecule has 1 aliphatic heterocycles. The Morgan fingerprint density at radius 3 is 2.00 bits per heavy atom. The molecule has 0 saturated carbocycles. The van der Waals surface area contributed by atoms with Gasteiger partial charge in [0.2, 0.25) is 0 Å². The molecule has 136 valence electrons. The van der Waals surface area contributed by atoms with Crippen LogP contribution in [0.4, 0.5) is 5.69 Å². The molecule has 1 aliphatic rings. The minimum absolute atomic E-state index is 0.123. The standard InChI is InChI=1S/C22H14N2O4/c25-19(13-4-2-1-3-5-13)14-6-8-15(9-7-14)20(26)23-16-10-11-17-18(12-16)22(28)24-21(17)27/h1-12H,(H,23,26)(H,24,27,28). The Morgan fingerprint density at radius 2 is 1.29 bits per heavy atom. The van der Waals surface area contributed by atoms with Crippen molar-refractivity contribution in [1.29, 1.82) is 0 Å². The largest absolute Gasteiger partial charge is 0.322 e. The maximum absolute atomic E-state index is 12.4. The lowest BCUT2D eigenvalue weighted by atomic mass is 10.0. The van der Waals surface area contributed by atoms with E-state index in [-0.39, 0.29) is 22.8 Å². The minimum Gasteiger partial charge on any atom is -0.322 e. The molecule has 3 amide bonds. The third-order valence-electron chi connectivity index (χ3n) is 4.44. The van der Waals surface area contributed by atoms with Gasteiger partial charge in [0.1, 0.15) is 0 Å². The number of nitrogens with one attached hydrogen (secondary N) is 2. The highest BCUT2D eigenvalue weighted by atomic mass is 16.2. The molecule has 2 N–H and O–H groups in total. The summed E-state index contributed by atoms with van der Waals surface area (Å²) in [6, 6.07) is 19.7. The highest BCUT2D eigenvalue weighted by molar-refractivity contribution is 6.22. The number of carbonyl (C=O) groups excluding carboxylic acids is 4. The number of imide groups is 1. The lowest BCUT2D eigenvalue weighted by Gasteiger charge is -2.07. The van der Waals surface area contributed by atoms with Crippen LogP contribution in [0.3, 0.4) is 0 Å². The van der Waals surface area contributed by atoms with Crippen LogP contribution in [-0.2, 0) is 0 Å². The van der Waals surface area contributed by atoms with Gasteiger partial charge in [-0.2, -0.15) is 0 Å². The lowest BCUT2D eigenvalue weighted by Crippen LogP contribution is -2.19. The van der Waals surface area contributed by atoms with Gasteiger partial charge in [-0.15, -0.1) is 0 Å². The van der Waals surface area contributed by atoms with E-state index in [9.17, 15) is 19.2 Å². The third kappa shape index (κ3) is 3.19. The predicted molar refractivity (Wildman–Crippen MR) is 103 cm³/mol. The first-order chi connectivity index (χ1) is 13.5. The maximum Gasteiger partial charge on any atom is 0.259 e. The molecule has 0 bridgehead atoms. The molecule has 6 nitrogen and oxygen atoms in total. The van der Waals surface area contributed by atoms with Gasteiger partial charge in [-0.1, -0.05) is 42.5 Å². The number of carbonyl (C=O) groups is 4. The molecule has 0 aliphatic carbocycles. The number of anilines is 1. The van der Waals surface area contributed by atoms with Crippen LogP contribution in [-0.4, -0.2) is 23.5 Å². The zero-order valence-electron chi connectivity index (χ0n) is 14.6. The van der Waals surface area contributed by atoms with Gasteiger partial charge in [0.15, 0.2) is 5.78 Å². The SMILES string of the molecule is O=C(Nc1ccc2c(c1)C(=O)NC2=O)c1ccc(C(=O)c2ccccc2)cc1. The molecule has 28 heavy (non-hydrogen) atoms. The maximum atomic E-state index is 12.4. The first kappa shape index (κ1) is 17.4. The van der Waals surface area contributed by atoms with E-state index in [4.69, 9.17) is 0 Å². The van der Waals surface area contributed by atoms with Crippen LogP contribution in [0, 0.1) is 0 Å². The Bertz CT molecular complexity index is 1120. The molecule has 0 aromatic heterocycles. The molecule has 0 radical (unpaired) electrons. The molecule has 3 aromatic rings. The van der Waals surface area contributed by atoms with Crippen molar-refractivity contribution in [2.75, 3.05) is 5.32 Å². The number of fused-ring (bicyclic) bond motifs is 1. The fourth-order valence-corrected chi connectivity index (χ4v) is 2.98. The smallest absolute Gasteiger partial charge is 0.259 e. The summed E-state index contributed by atoms with van der Waals surface area (Å²) in [7, 11) is 0. The monoisotopic (exact) mass is 370 g/mol. The first-order valence-electron chi connectivity index (χ1n) is 8.54. The summed E-state index contributed by atoms with van der Waals surface area (Å²) >= 11 is 0. The summed E-state index contributed by atoms with van der Waals surface area (Å²) in [4.78, 5) is 48.2. The summed E-state index contributed by atoms with van der Waals surface area (Å²) in [6.07, 6.45) is 0. The van der Waals surface area contributed by atoms with Gasteiger partial charge in [0.25, 0.3) is 17.7 Å². The molecular weight excluding hydrogens is 356 g/mol. The van der Waals surface area contributed by atoms with Crippen molar-refractivity contribution < 1.29 is 19.2 Å². The van der Waals surface area contributed by atoms with Crippen LogP contribution in [0.25, 0.3) is 0 Å². The van der Waals surface area contributed by atoms with Gasteiger partial charge in [0, 0.05) is 22.4 Å². The van der Waals surface area contributed by atoms with Gasteiger partial charge in [-0.3, -0.25) is 24.5 Å². The van der Waals surface area contributed by atoms with Gasteiger partial charge < -0.3 is 5.32 Å². The highest BCUT2D eigenvalue weighted by Gasteiger charge is 2.26. The lowest BCUT2D eigenvalue weighted by molar-refractivity contribution is 0.0878. The fourth-order valence-electron chi connectivity index (χ4n) is 2.98. The fraction of sp³-hybridized carbons (Fsp3) is 0. The molecule has 4 rings (SSSR count). The molecule has 0 spiro atoms. The van der Waals surface area contributed by atoms with Crippen molar-refractivity contribution in [3.63, 3.8) is 0 Å². The average Bonchev–Trinajstić information content (AvgIpc) is 3.01. The van der Waals surface area contributed by atoms with E-state index < -0.39 is 11.8 Å². The number of ketones is 1. The highest BCUT2D eigenvalue weighted by Crippen LogP contribution is 2.21. The number of rotatable bonds is 4. The van der Waals surface area contributed by atoms with Crippen LogP contribution in [0.2, 0.25) is 0 Å². The minimum atomic E-state index is -0.486. The summed E-state index contributed by atoms with van der Waals surface area (Å²) < 4.78 is 0. The van der Waals surface area contributed by atoms with Crippen molar-refractivity contribution >= 4 is 29.2 Å². The zero-order valence-corrected chi connectivity index (χ0v) is 14.6. The molecule has 0 fully saturated rings. The molecule has 0 unspecified atom stereocenters. The van der Waals surface area contributed by atoms with E-state index in [0.29, 0.717) is 22.4 Å². The Labute approximate surface area is 160 Å². The van der Waals surface area contributed by atoms with Crippen molar-refractivity contribution in [2.45, 2.75) is 0 Å². The Morgan fingerprint density at radius 1 is 0.679 bits per heavy atom. The van der Waals surface area contributed by atoms with E-state index in [2.05, 4.69) is 10.6 Å². The molecular formula is C22H14N2O4. The van der Waals surface area contributed by atoms with Crippen LogP contribution in [0.5, 0.6) is 0 Å². The second-order valence-electron chi connectivity index (χ2n) is 6.27. The van der Waals surface area contributed by atoms with Crippen molar-refractivity contribution in [3.8, 4) is 0 Å². The van der Waals surface area contributed by atoms with Crippen LogP contribution >= 0.6 is 0 Å². The molecule has 0 saturated heterocycles. The van der Waals surface area contributed by atoms with E-state index in [0.717, 1.165) is 0 Å². The first-order valence-corrected chi connectivity index (χ1v) is 8.54. The van der Waals surface area contributed by atoms with Gasteiger partial charge in [-0.05, 0) is 30.3 Å². The number of benzene rings is 3. The Hall–Kier alpha value is -4.06. The average molecular weight is 370 g/mol. The van der Waals surface area contributed by atoms with Crippen molar-refractivity contribution in [1.82, 2.24) is 5.32 Å². The second kappa shape index (κ2) is 6.92. The number of hydrogen-bond donors (Lipinski definition) is 2. The van der Waals surface area contributed by atoms with E-state index >= 15 is 0 Å². The summed E-state index contributed by atoms with van der Waals surface area (Å²) in [5, 5.41) is 4.89. The molecule has 1 heterocycles. The molecule has 6 heteroatoms. The molecule has 0 atom stereocenters. The van der Waals surface area contributed by atoms with Crippen LogP contribution < -0.4 is 10.6 Å². The quantitative estimate of drug-likeness (QED) is 0.545. The second-order valence-corrected chi connectivity index (χ2v) is 6.27. The Kier molecular flexibility index (Phi) is 4.29. The summed E-state index contributed by atoms with van der Waals surface area (Å²) in [5.41, 5.74) is 2.34. The summed E-state index contributed by atoms with van der Waals surface area (Å²) in [5.74, 6) is -1.44. The van der Waals surface area contributed by atoms with E-state index in [1.54, 1.807) is 54.6 Å². The van der Waals surface area contributed by atoms with E-state index in [1.807, 2.05) is 6.07 Å². The third-order valence-corrected chi connectivity index (χ3v) is 4.44. The van der Waals surface area contributed by atoms with Gasteiger partial charge in [0.05, 0.1) is 11.1 Å². The Balaban J connectivity index is 1.50. The predicted octanol–water partition coefficient (Wildman–Crippen LogP) is 3.05. The van der Waals surface area contributed by atoms with Crippen LogP contribution in [0.15, 0.2) is 72.8 Å². The zero-order chi connectivity index (χ0) is 19.7. The van der Waals surface area contributed by atoms with E-state index in [1.165, 1.54) is 12.1 Å². The summed E-state index contributed by atoms with van der Waals surface area (Å²) in [6.45, 7) is 0. The van der Waals surface area contributed by atoms with Crippen molar-refractivity contribution in [3.05, 3.63) is 101 Å². The number of amides is 3. The van der Waals surface area contributed by atoms with Crippen molar-refractivity contribution in [2.24, 2.45) is 0 Å². The number of hydrogen-bond acceptors (Lipinski definition) is 4. The normalized spacial score (nSPS) is 12.3.